The van der Waals surface area contributed by atoms with E-state index in [1.165, 1.54) is 16.7 Å². The van der Waals surface area contributed by atoms with Crippen molar-refractivity contribution in [3.63, 3.8) is 0 Å². The van der Waals surface area contributed by atoms with Crippen LogP contribution in [0.5, 0.6) is 0 Å². The smallest absolute Gasteiger partial charge is 0.320 e. The molecule has 2 aliphatic carbocycles. The first-order valence-electron chi connectivity index (χ1n) is 12.7. The number of aryl methyl sites for hydroxylation is 2. The van der Waals surface area contributed by atoms with Gasteiger partial charge in [-0.15, -0.1) is 0 Å². The van der Waals surface area contributed by atoms with Gasteiger partial charge in [0, 0.05) is 17.2 Å². The Morgan fingerprint density at radius 1 is 1.14 bits per heavy atom. The molecule has 1 aromatic heterocycles. The fourth-order valence-corrected chi connectivity index (χ4v) is 7.21. The minimum absolute atomic E-state index is 0.163. The highest BCUT2D eigenvalue weighted by molar-refractivity contribution is 7.46. The van der Waals surface area contributed by atoms with Crippen LogP contribution in [0.15, 0.2) is 66.9 Å². The second-order valence-corrected chi connectivity index (χ2v) is 11.9. The zero-order valence-electron chi connectivity index (χ0n) is 21.2. The number of carbonyl (C=O) groups is 1. The summed E-state index contributed by atoms with van der Waals surface area (Å²) in [4.78, 5) is 36.4. The van der Waals surface area contributed by atoms with Crippen molar-refractivity contribution in [2.45, 2.75) is 63.4 Å². The summed E-state index contributed by atoms with van der Waals surface area (Å²) >= 11 is 0. The van der Waals surface area contributed by atoms with Gasteiger partial charge in [0.25, 0.3) is 5.91 Å². The predicted octanol–water partition coefficient (Wildman–Crippen LogP) is 5.74. The number of hydrogen-bond acceptors (Lipinski definition) is 4. The van der Waals surface area contributed by atoms with E-state index < -0.39 is 13.4 Å². The van der Waals surface area contributed by atoms with Gasteiger partial charge >= 0.3 is 7.82 Å². The number of benzene rings is 2. The summed E-state index contributed by atoms with van der Waals surface area (Å²) in [6, 6.07) is 20.0. The van der Waals surface area contributed by atoms with E-state index in [2.05, 4.69) is 28.5 Å². The molecule has 3 N–H and O–H groups in total. The lowest BCUT2D eigenvalue weighted by Gasteiger charge is -2.53. The molecule has 0 bridgehead atoms. The molecule has 194 valence electrons. The Morgan fingerprint density at radius 3 is 2.65 bits per heavy atom. The zero-order chi connectivity index (χ0) is 26.3. The van der Waals surface area contributed by atoms with Crippen molar-refractivity contribution >= 4 is 19.4 Å². The minimum atomic E-state index is -4.60. The van der Waals surface area contributed by atoms with E-state index in [0.29, 0.717) is 24.1 Å². The number of phosphoric ester groups is 1. The molecule has 0 saturated heterocycles. The molecule has 1 fully saturated rings. The van der Waals surface area contributed by atoms with Crippen LogP contribution in [0.1, 0.15) is 65.3 Å². The summed E-state index contributed by atoms with van der Waals surface area (Å²) in [6.45, 7) is 3.69. The Balaban J connectivity index is 1.49. The van der Waals surface area contributed by atoms with E-state index in [4.69, 9.17) is 4.52 Å². The summed E-state index contributed by atoms with van der Waals surface area (Å²) < 4.78 is 17.0. The topological polar surface area (TPSA) is 109 Å². The van der Waals surface area contributed by atoms with Gasteiger partial charge in [-0.05, 0) is 99.2 Å². The maximum absolute atomic E-state index is 13.1. The van der Waals surface area contributed by atoms with Crippen molar-refractivity contribution in [3.8, 4) is 0 Å². The Bertz CT molecular complexity index is 1360. The molecule has 2 aromatic carbocycles. The van der Waals surface area contributed by atoms with Gasteiger partial charge in [-0.1, -0.05) is 36.4 Å². The second kappa shape index (κ2) is 9.80. The van der Waals surface area contributed by atoms with Crippen LogP contribution in [-0.4, -0.2) is 26.3 Å². The van der Waals surface area contributed by atoms with Crippen molar-refractivity contribution in [2.75, 3.05) is 5.32 Å². The lowest BCUT2D eigenvalue weighted by Crippen LogP contribution is -2.51. The van der Waals surface area contributed by atoms with Gasteiger partial charge in [0.2, 0.25) is 0 Å². The number of amides is 1. The summed E-state index contributed by atoms with van der Waals surface area (Å²) in [5.74, 6) is 0.0348. The number of anilines is 1. The van der Waals surface area contributed by atoms with E-state index in [9.17, 15) is 19.1 Å². The quantitative estimate of drug-likeness (QED) is 0.358. The van der Waals surface area contributed by atoms with Crippen LogP contribution in [0.3, 0.4) is 0 Å². The van der Waals surface area contributed by atoms with E-state index in [0.717, 1.165) is 31.4 Å². The normalized spacial score (nSPS) is 25.1. The Hall–Kier alpha value is -2.83. The zero-order valence-corrected chi connectivity index (χ0v) is 22.1. The van der Waals surface area contributed by atoms with Crippen LogP contribution in [0.4, 0.5) is 5.69 Å². The lowest BCUT2D eigenvalue weighted by atomic mass is 9.53. The number of rotatable bonds is 6. The number of carbonyl (C=O) groups excluding carboxylic acids is 1. The van der Waals surface area contributed by atoms with E-state index in [1.807, 2.05) is 50.2 Å². The molecule has 0 radical (unpaired) electrons. The van der Waals surface area contributed by atoms with Gasteiger partial charge in [-0.25, -0.2) is 4.57 Å². The fourth-order valence-electron chi connectivity index (χ4n) is 6.47. The monoisotopic (exact) mass is 520 g/mol. The first-order chi connectivity index (χ1) is 17.6. The highest BCUT2D eigenvalue weighted by Gasteiger charge is 2.52. The van der Waals surface area contributed by atoms with Crippen LogP contribution >= 0.6 is 7.82 Å². The summed E-state index contributed by atoms with van der Waals surface area (Å²) in [5.41, 5.74) is 4.64. The maximum atomic E-state index is 13.1. The average Bonchev–Trinajstić information content (AvgIpc) is 2.85. The van der Waals surface area contributed by atoms with Crippen LogP contribution in [-0.2, 0) is 27.3 Å². The molecule has 37 heavy (non-hydrogen) atoms. The average molecular weight is 521 g/mol. The molecular formula is C29H33N2O5P. The first-order valence-corrected chi connectivity index (χ1v) is 14.3. The number of phosphoric acid groups is 1. The number of aromatic nitrogens is 1. The molecule has 1 saturated carbocycles. The predicted molar refractivity (Wildman–Crippen MR) is 142 cm³/mol. The summed E-state index contributed by atoms with van der Waals surface area (Å²) in [6.07, 6.45) is 6.07. The van der Waals surface area contributed by atoms with Crippen LogP contribution < -0.4 is 5.32 Å². The highest BCUT2D eigenvalue weighted by atomic mass is 31.2. The molecule has 8 heteroatoms. The number of nitrogens with zero attached hydrogens (tertiary/aromatic N) is 1. The fraction of sp³-hybridized carbons (Fsp3) is 0.379. The van der Waals surface area contributed by atoms with Gasteiger partial charge in [-0.3, -0.25) is 14.3 Å². The van der Waals surface area contributed by atoms with E-state index in [-0.39, 0.29) is 17.2 Å². The van der Waals surface area contributed by atoms with Crippen LogP contribution in [0.2, 0.25) is 0 Å². The standard InChI is InChI=1S/C29H33N2O5P/c1-20-26(9-6-16-30-20)31-27(32)23-11-13-25-22(17-23)10-12-24-19-28(2,36-37(33,34)35)14-15-29(24,25)18-21-7-4-3-5-8-21/h3-9,11,13,16-17,24H,10,12,14-15,18-19H2,1-2H3,(H,31,32)(H2,33,34,35)/t24-,28-,29?/m1/s1. The van der Waals surface area contributed by atoms with Crippen molar-refractivity contribution in [1.29, 1.82) is 0 Å². The Morgan fingerprint density at radius 2 is 1.92 bits per heavy atom. The van der Waals surface area contributed by atoms with E-state index >= 15 is 0 Å². The van der Waals surface area contributed by atoms with Gasteiger partial charge in [-0.2, -0.15) is 0 Å². The van der Waals surface area contributed by atoms with Crippen molar-refractivity contribution in [1.82, 2.24) is 4.98 Å². The molecule has 1 unspecified atom stereocenters. The van der Waals surface area contributed by atoms with Crippen LogP contribution in [0.25, 0.3) is 0 Å². The van der Waals surface area contributed by atoms with Crippen molar-refractivity contribution < 1.29 is 23.7 Å². The van der Waals surface area contributed by atoms with Gasteiger partial charge in [0.1, 0.15) is 0 Å². The molecule has 1 amide bonds. The summed E-state index contributed by atoms with van der Waals surface area (Å²) in [7, 11) is -4.60. The number of pyridine rings is 1. The number of nitrogens with one attached hydrogen (secondary N) is 1. The molecule has 1 heterocycles. The third-order valence-corrected chi connectivity index (χ3v) is 8.86. The third kappa shape index (κ3) is 5.41. The summed E-state index contributed by atoms with van der Waals surface area (Å²) in [5, 5.41) is 2.98. The minimum Gasteiger partial charge on any atom is -0.320 e. The Kier molecular flexibility index (Phi) is 6.84. The molecule has 3 atom stereocenters. The Labute approximate surface area is 217 Å². The SMILES string of the molecule is Cc1ncccc1NC(=O)c1ccc2c(c1)CC[C@@H]1C[C@](C)(OP(=O)(O)O)CCC21Cc1ccccc1. The lowest BCUT2D eigenvalue weighted by molar-refractivity contribution is -0.0340. The first kappa shape index (κ1) is 25.8. The number of hydrogen-bond donors (Lipinski definition) is 3. The highest BCUT2D eigenvalue weighted by Crippen LogP contribution is 2.57. The van der Waals surface area contributed by atoms with Crippen molar-refractivity contribution in [2.24, 2.45) is 5.92 Å². The third-order valence-electron chi connectivity index (χ3n) is 8.18. The van der Waals surface area contributed by atoms with Crippen LogP contribution in [0, 0.1) is 12.8 Å². The van der Waals surface area contributed by atoms with Gasteiger partial charge in [0.15, 0.2) is 0 Å². The van der Waals surface area contributed by atoms with E-state index in [1.54, 1.807) is 12.3 Å². The largest absolute Gasteiger partial charge is 0.470 e. The molecule has 0 spiro atoms. The molecular weight excluding hydrogens is 487 g/mol. The van der Waals surface area contributed by atoms with Gasteiger partial charge < -0.3 is 15.1 Å². The second-order valence-electron chi connectivity index (χ2n) is 10.8. The maximum Gasteiger partial charge on any atom is 0.470 e. The van der Waals surface area contributed by atoms with Gasteiger partial charge in [0.05, 0.1) is 17.0 Å². The molecule has 2 aliphatic rings. The molecule has 7 nitrogen and oxygen atoms in total. The molecule has 3 aromatic rings. The van der Waals surface area contributed by atoms with Crippen molar-refractivity contribution in [3.05, 3.63) is 94.8 Å². The number of fused-ring (bicyclic) bond motifs is 3. The molecule has 0 aliphatic heterocycles. The molecule has 5 rings (SSSR count).